The Balaban J connectivity index is 2.09. The molecule has 3 aromatic rings. The molecule has 0 atom stereocenters. The first-order chi connectivity index (χ1) is 11.9. The van der Waals surface area contributed by atoms with Gasteiger partial charge >= 0.3 is 6.18 Å². The first kappa shape index (κ1) is 16.9. The van der Waals surface area contributed by atoms with Crippen LogP contribution < -0.4 is 4.90 Å². The van der Waals surface area contributed by atoms with Gasteiger partial charge in [-0.2, -0.15) is 13.2 Å². The summed E-state index contributed by atoms with van der Waals surface area (Å²) in [6.45, 7) is 1.07. The quantitative estimate of drug-likeness (QED) is 0.715. The van der Waals surface area contributed by atoms with E-state index in [0.717, 1.165) is 6.07 Å². The summed E-state index contributed by atoms with van der Waals surface area (Å²) in [6.07, 6.45) is -3.20. The van der Waals surface area contributed by atoms with Crippen molar-refractivity contribution >= 4 is 22.6 Å². The average Bonchev–Trinajstić information content (AvgIpc) is 2.58. The molecule has 0 bridgehead atoms. The van der Waals surface area contributed by atoms with E-state index in [9.17, 15) is 18.0 Å². The molecular weight excluding hydrogens is 331 g/mol. The van der Waals surface area contributed by atoms with E-state index in [-0.39, 0.29) is 17.9 Å². The largest absolute Gasteiger partial charge is 0.416 e. The lowest BCUT2D eigenvalue weighted by atomic mass is 10.1. The number of rotatable bonds is 3. The molecule has 1 amide bonds. The summed E-state index contributed by atoms with van der Waals surface area (Å²) in [5, 5.41) is 0.602. The zero-order valence-electron chi connectivity index (χ0n) is 13.3. The lowest BCUT2D eigenvalue weighted by molar-refractivity contribution is -0.138. The summed E-state index contributed by atoms with van der Waals surface area (Å²) in [4.78, 5) is 21.6. The average molecular weight is 345 g/mol. The number of carbonyl (C=O) groups is 1. The van der Waals surface area contributed by atoms with Crippen molar-refractivity contribution in [1.29, 1.82) is 0 Å². The summed E-state index contributed by atoms with van der Waals surface area (Å²) in [6, 6.07) is 12.2. The second-order valence-corrected chi connectivity index (χ2v) is 5.47. The Bertz CT molecular complexity index is 919. The highest BCUT2D eigenvalue weighted by molar-refractivity contribution is 5.99. The lowest BCUT2D eigenvalue weighted by Gasteiger charge is -2.23. The molecule has 0 aliphatic carbocycles. The molecule has 0 radical (unpaired) electrons. The summed E-state index contributed by atoms with van der Waals surface area (Å²) >= 11 is 0. The molecular formula is C18H14F3N3O. The van der Waals surface area contributed by atoms with Crippen molar-refractivity contribution in [2.24, 2.45) is 0 Å². The van der Waals surface area contributed by atoms with E-state index in [1.165, 1.54) is 36.4 Å². The number of aromatic nitrogens is 2. The van der Waals surface area contributed by atoms with E-state index in [0.29, 0.717) is 10.9 Å². The molecule has 2 aromatic carbocycles. The summed E-state index contributed by atoms with van der Waals surface area (Å²) < 4.78 is 39.7. The maximum atomic E-state index is 13.2. The number of nitrogens with zero attached hydrogens (tertiary/aromatic N) is 3. The number of hydrogen-bond acceptors (Lipinski definition) is 3. The fraction of sp³-hybridized carbons (Fsp3) is 0.167. The highest BCUT2D eigenvalue weighted by Crippen LogP contribution is 2.33. The molecule has 4 nitrogen and oxygen atoms in total. The number of para-hydroxylation sites is 1. The van der Waals surface area contributed by atoms with E-state index in [1.54, 1.807) is 24.3 Å². The van der Waals surface area contributed by atoms with Crippen LogP contribution in [0, 0.1) is 0 Å². The highest BCUT2D eigenvalue weighted by atomic mass is 19.4. The van der Waals surface area contributed by atoms with E-state index >= 15 is 0 Å². The molecule has 0 fully saturated rings. The van der Waals surface area contributed by atoms with E-state index < -0.39 is 17.6 Å². The van der Waals surface area contributed by atoms with Crippen LogP contribution in [0.3, 0.4) is 0 Å². The molecule has 0 saturated carbocycles. The molecule has 1 aromatic heterocycles. The van der Waals surface area contributed by atoms with Crippen LogP contribution in [0.5, 0.6) is 0 Å². The molecule has 0 spiro atoms. The standard InChI is InChI=1S/C18H14F3N3O/c1-12(25)24(10-13-6-2-4-8-15(13)18(19,20)21)17-14-7-3-5-9-16(14)22-11-23-17/h2-9,11H,10H2,1H3. The first-order valence-electron chi connectivity index (χ1n) is 7.51. The van der Waals surface area contributed by atoms with Crippen LogP contribution in [0.25, 0.3) is 10.9 Å². The minimum Gasteiger partial charge on any atom is -0.292 e. The maximum Gasteiger partial charge on any atom is 0.416 e. The molecule has 0 aliphatic heterocycles. The van der Waals surface area contributed by atoms with Gasteiger partial charge in [0.25, 0.3) is 0 Å². The minimum absolute atomic E-state index is 0.00731. The van der Waals surface area contributed by atoms with Gasteiger partial charge in [0.05, 0.1) is 17.6 Å². The van der Waals surface area contributed by atoms with Gasteiger partial charge in [0.2, 0.25) is 5.91 Å². The van der Waals surface area contributed by atoms with Gasteiger partial charge in [-0.05, 0) is 23.8 Å². The molecule has 3 rings (SSSR count). The van der Waals surface area contributed by atoms with Crippen molar-refractivity contribution in [1.82, 2.24) is 9.97 Å². The molecule has 0 saturated heterocycles. The van der Waals surface area contributed by atoms with Crippen LogP contribution in [0.15, 0.2) is 54.9 Å². The highest BCUT2D eigenvalue weighted by Gasteiger charge is 2.33. The third kappa shape index (κ3) is 3.45. The normalized spacial score (nSPS) is 11.5. The van der Waals surface area contributed by atoms with Gasteiger partial charge in [-0.3, -0.25) is 9.69 Å². The van der Waals surface area contributed by atoms with Crippen molar-refractivity contribution < 1.29 is 18.0 Å². The Labute approximate surface area is 141 Å². The smallest absolute Gasteiger partial charge is 0.292 e. The number of benzene rings is 2. The Morgan fingerprint density at radius 3 is 2.44 bits per heavy atom. The fourth-order valence-corrected chi connectivity index (χ4v) is 2.65. The number of carbonyl (C=O) groups excluding carboxylic acids is 1. The SMILES string of the molecule is CC(=O)N(Cc1ccccc1C(F)(F)F)c1ncnc2ccccc12. The summed E-state index contributed by atoms with van der Waals surface area (Å²) in [5.74, 6) is -0.115. The van der Waals surface area contributed by atoms with Crippen LogP contribution in [-0.4, -0.2) is 15.9 Å². The Morgan fingerprint density at radius 2 is 1.72 bits per heavy atom. The monoisotopic (exact) mass is 345 g/mol. The lowest BCUT2D eigenvalue weighted by Crippen LogP contribution is -2.30. The third-order valence-electron chi connectivity index (χ3n) is 3.81. The molecule has 0 unspecified atom stereocenters. The van der Waals surface area contributed by atoms with Gasteiger partial charge in [0.15, 0.2) is 0 Å². The second-order valence-electron chi connectivity index (χ2n) is 5.47. The zero-order chi connectivity index (χ0) is 18.0. The van der Waals surface area contributed by atoms with Gasteiger partial charge in [0.1, 0.15) is 12.1 Å². The van der Waals surface area contributed by atoms with Crippen LogP contribution in [0.2, 0.25) is 0 Å². The molecule has 128 valence electrons. The first-order valence-corrected chi connectivity index (χ1v) is 7.51. The second kappa shape index (κ2) is 6.51. The zero-order valence-corrected chi connectivity index (χ0v) is 13.3. The number of amides is 1. The molecule has 1 heterocycles. The predicted octanol–water partition coefficient (Wildman–Crippen LogP) is 4.20. The van der Waals surface area contributed by atoms with Gasteiger partial charge < -0.3 is 0 Å². The molecule has 0 aliphatic rings. The van der Waals surface area contributed by atoms with Gasteiger partial charge in [-0.15, -0.1) is 0 Å². The maximum absolute atomic E-state index is 13.2. The minimum atomic E-state index is -4.49. The Kier molecular flexibility index (Phi) is 4.39. The number of hydrogen-bond donors (Lipinski definition) is 0. The molecule has 7 heteroatoms. The summed E-state index contributed by atoms with van der Waals surface area (Å²) in [7, 11) is 0. The van der Waals surface area contributed by atoms with Gasteiger partial charge in [-0.25, -0.2) is 9.97 Å². The van der Waals surface area contributed by atoms with Crippen molar-refractivity contribution in [2.75, 3.05) is 4.90 Å². The fourth-order valence-electron chi connectivity index (χ4n) is 2.65. The van der Waals surface area contributed by atoms with Crippen molar-refractivity contribution in [2.45, 2.75) is 19.6 Å². The topological polar surface area (TPSA) is 46.1 Å². The van der Waals surface area contributed by atoms with Crippen molar-refractivity contribution in [3.05, 3.63) is 66.0 Å². The molecule has 0 N–H and O–H groups in total. The Morgan fingerprint density at radius 1 is 1.04 bits per heavy atom. The van der Waals surface area contributed by atoms with Crippen LogP contribution >= 0.6 is 0 Å². The third-order valence-corrected chi connectivity index (χ3v) is 3.81. The number of anilines is 1. The predicted molar refractivity (Wildman–Crippen MR) is 87.8 cm³/mol. The Hall–Kier alpha value is -2.96. The van der Waals surface area contributed by atoms with E-state index in [4.69, 9.17) is 0 Å². The van der Waals surface area contributed by atoms with Crippen molar-refractivity contribution in [3.8, 4) is 0 Å². The number of halogens is 3. The van der Waals surface area contributed by atoms with Crippen LogP contribution in [0.1, 0.15) is 18.1 Å². The van der Waals surface area contributed by atoms with Crippen molar-refractivity contribution in [3.63, 3.8) is 0 Å². The molecule has 25 heavy (non-hydrogen) atoms. The van der Waals surface area contributed by atoms with Gasteiger partial charge in [0, 0.05) is 12.3 Å². The number of alkyl halides is 3. The van der Waals surface area contributed by atoms with Crippen LogP contribution in [0.4, 0.5) is 19.0 Å². The summed E-state index contributed by atoms with van der Waals surface area (Å²) in [5.41, 5.74) is -0.143. The number of fused-ring (bicyclic) bond motifs is 1. The van der Waals surface area contributed by atoms with E-state index in [1.807, 2.05) is 0 Å². The van der Waals surface area contributed by atoms with Gasteiger partial charge in [-0.1, -0.05) is 30.3 Å². The van der Waals surface area contributed by atoms with E-state index in [2.05, 4.69) is 9.97 Å². The van der Waals surface area contributed by atoms with Crippen LogP contribution in [-0.2, 0) is 17.5 Å².